The van der Waals surface area contributed by atoms with E-state index in [4.69, 9.17) is 46.9 Å². The van der Waals surface area contributed by atoms with Crippen molar-refractivity contribution in [2.24, 2.45) is 11.8 Å². The normalized spacial score (nSPS) is 20.0. The summed E-state index contributed by atoms with van der Waals surface area (Å²) in [5.74, 6) is -0.256. The fourth-order valence-corrected chi connectivity index (χ4v) is 7.56. The smallest absolute Gasteiger partial charge is 0.387 e. The van der Waals surface area contributed by atoms with Crippen LogP contribution in [0.1, 0.15) is 64.9 Å². The molecule has 4 aromatic rings. The highest BCUT2D eigenvalue weighted by Gasteiger charge is 2.38. The first-order chi connectivity index (χ1) is 26.6. The molecule has 10 nitrogen and oxygen atoms in total. The summed E-state index contributed by atoms with van der Waals surface area (Å²) in [5.41, 5.74) is 2.09. The average Bonchev–Trinajstić information content (AvgIpc) is 4.03. The van der Waals surface area contributed by atoms with Crippen molar-refractivity contribution in [2.75, 3.05) is 38.7 Å². The number of hydrogen-bond donors (Lipinski definition) is 1. The minimum Gasteiger partial charge on any atom is -0.497 e. The van der Waals surface area contributed by atoms with Gasteiger partial charge < -0.3 is 29.0 Å². The molecule has 3 atom stereocenters. The molecule has 3 aliphatic heterocycles. The number of aromatic nitrogens is 1. The molecule has 290 valence electrons. The largest absolute Gasteiger partial charge is 0.497 e. The molecule has 2 bridgehead atoms. The Bertz CT molecular complexity index is 1960. The predicted octanol–water partition coefficient (Wildman–Crippen LogP) is 8.72. The number of carbonyl (C=O) groups is 2. The summed E-state index contributed by atoms with van der Waals surface area (Å²) in [5, 5.41) is 3.79. The molecule has 14 heteroatoms. The summed E-state index contributed by atoms with van der Waals surface area (Å²) in [6.45, 7) is -0.0123. The van der Waals surface area contributed by atoms with Gasteiger partial charge in [-0.25, -0.2) is 9.59 Å². The van der Waals surface area contributed by atoms with Crippen LogP contribution in [0.5, 0.6) is 17.2 Å². The standard InChI is InChI=1S/C41H41Cl2F2N3O7/c1-51-30-16-28(15-29(18-30)47-38(26-5-3-2-4-6-26)40(50)54-37-22-48-13-11-25(37)12-14-48)39(49)53-35(19-31-32(42)20-46-21-33(31)43)27-9-10-34(55-41(44)45)36(17-27)52-23-24-7-8-24/h2-6,9-10,15-18,20-21,24-25,35,37-38,41,47H,7-8,11-14,19,22-23H2,1H3/t35-,37-,38?/m0/s1. The summed E-state index contributed by atoms with van der Waals surface area (Å²) in [6, 6.07) is 17.5. The number of fused-ring (bicyclic) bond motifs is 3. The van der Waals surface area contributed by atoms with E-state index in [9.17, 15) is 18.4 Å². The maximum Gasteiger partial charge on any atom is 0.387 e. The summed E-state index contributed by atoms with van der Waals surface area (Å²) < 4.78 is 55.2. The van der Waals surface area contributed by atoms with Crippen molar-refractivity contribution in [3.8, 4) is 17.2 Å². The second-order valence-corrected chi connectivity index (χ2v) is 14.9. The fourth-order valence-electron chi connectivity index (χ4n) is 7.04. The number of pyridine rings is 1. The summed E-state index contributed by atoms with van der Waals surface area (Å²) in [6.07, 6.45) is 5.59. The zero-order chi connectivity index (χ0) is 38.5. The van der Waals surface area contributed by atoms with Crippen molar-refractivity contribution in [1.82, 2.24) is 9.88 Å². The molecular weight excluding hydrogens is 755 g/mol. The van der Waals surface area contributed by atoms with Crippen LogP contribution in [0.15, 0.2) is 79.1 Å². The minimum absolute atomic E-state index is 0.0135. The van der Waals surface area contributed by atoms with Crippen LogP contribution in [0.2, 0.25) is 10.0 Å². The zero-order valence-electron chi connectivity index (χ0n) is 30.1. The van der Waals surface area contributed by atoms with Crippen LogP contribution in [0, 0.1) is 11.8 Å². The lowest BCUT2D eigenvalue weighted by atomic mass is 9.86. The molecule has 3 aromatic carbocycles. The Kier molecular flexibility index (Phi) is 12.2. The molecule has 1 N–H and O–H groups in total. The molecule has 0 amide bonds. The van der Waals surface area contributed by atoms with E-state index in [0.717, 1.165) is 38.8 Å². The van der Waals surface area contributed by atoms with E-state index in [1.165, 1.54) is 43.8 Å². The van der Waals surface area contributed by atoms with Crippen LogP contribution >= 0.6 is 23.2 Å². The number of alkyl halides is 2. The van der Waals surface area contributed by atoms with Gasteiger partial charge >= 0.3 is 18.6 Å². The molecule has 1 aromatic heterocycles. The molecular formula is C41H41Cl2F2N3O7. The fraction of sp³-hybridized carbons (Fsp3) is 0.390. The molecule has 3 saturated heterocycles. The van der Waals surface area contributed by atoms with Crippen LogP contribution in [-0.2, 0) is 20.7 Å². The monoisotopic (exact) mass is 795 g/mol. The van der Waals surface area contributed by atoms with Gasteiger partial charge in [-0.2, -0.15) is 8.78 Å². The van der Waals surface area contributed by atoms with Gasteiger partial charge in [-0.1, -0.05) is 59.6 Å². The number of nitrogens with one attached hydrogen (secondary N) is 1. The molecule has 1 aliphatic carbocycles. The molecule has 1 unspecified atom stereocenters. The van der Waals surface area contributed by atoms with Crippen molar-refractivity contribution >= 4 is 40.8 Å². The van der Waals surface area contributed by atoms with Crippen LogP contribution in [0.4, 0.5) is 14.5 Å². The number of methoxy groups -OCH3 is 1. The Balaban J connectivity index is 1.17. The Labute approximate surface area is 328 Å². The Morgan fingerprint density at radius 3 is 2.33 bits per heavy atom. The van der Waals surface area contributed by atoms with E-state index < -0.39 is 30.7 Å². The number of ether oxygens (including phenoxy) is 5. The topological polar surface area (TPSA) is 108 Å². The summed E-state index contributed by atoms with van der Waals surface area (Å²) in [7, 11) is 1.47. The van der Waals surface area contributed by atoms with Gasteiger partial charge in [-0.3, -0.25) is 9.88 Å². The Hall–Kier alpha value is -4.65. The van der Waals surface area contributed by atoms with Crippen molar-refractivity contribution < 1.29 is 42.1 Å². The molecule has 55 heavy (non-hydrogen) atoms. The lowest BCUT2D eigenvalue weighted by Crippen LogP contribution is -2.52. The highest BCUT2D eigenvalue weighted by Crippen LogP contribution is 2.39. The SMILES string of the molecule is COc1cc(NC(C(=O)O[C@H]2CN3CCC2CC3)c2ccccc2)cc(C(=O)O[C@@H](Cc2c(Cl)cncc2Cl)c2ccc(OC(F)F)c(OCC3CC3)c2)c1. The van der Waals surface area contributed by atoms with Crippen molar-refractivity contribution in [1.29, 1.82) is 0 Å². The minimum atomic E-state index is -3.07. The third-order valence-electron chi connectivity index (χ3n) is 10.2. The molecule has 1 saturated carbocycles. The van der Waals surface area contributed by atoms with E-state index in [2.05, 4.69) is 15.2 Å². The van der Waals surface area contributed by atoms with Crippen LogP contribution < -0.4 is 19.5 Å². The summed E-state index contributed by atoms with van der Waals surface area (Å²) >= 11 is 13.0. The maximum absolute atomic E-state index is 14.1. The van der Waals surface area contributed by atoms with Gasteiger partial charge in [0.05, 0.1) is 29.3 Å². The van der Waals surface area contributed by atoms with Crippen LogP contribution in [0.25, 0.3) is 0 Å². The van der Waals surface area contributed by atoms with Gasteiger partial charge in [0.1, 0.15) is 18.0 Å². The lowest BCUT2D eigenvalue weighted by Gasteiger charge is -2.44. The third kappa shape index (κ3) is 9.78. The molecule has 0 spiro atoms. The first-order valence-corrected chi connectivity index (χ1v) is 19.0. The van der Waals surface area contributed by atoms with Gasteiger partial charge in [0.2, 0.25) is 0 Å². The Morgan fingerprint density at radius 2 is 1.67 bits per heavy atom. The number of esters is 2. The van der Waals surface area contributed by atoms with E-state index in [-0.39, 0.29) is 39.6 Å². The van der Waals surface area contributed by atoms with Crippen LogP contribution in [-0.4, -0.2) is 67.9 Å². The highest BCUT2D eigenvalue weighted by atomic mass is 35.5. The lowest BCUT2D eigenvalue weighted by molar-refractivity contribution is -0.159. The number of nitrogens with zero attached hydrogens (tertiary/aromatic N) is 2. The Morgan fingerprint density at radius 1 is 0.927 bits per heavy atom. The van der Waals surface area contributed by atoms with E-state index >= 15 is 0 Å². The number of anilines is 1. The van der Waals surface area contributed by atoms with E-state index in [0.29, 0.717) is 53.1 Å². The highest BCUT2D eigenvalue weighted by molar-refractivity contribution is 6.35. The van der Waals surface area contributed by atoms with Gasteiger partial charge in [-0.05, 0) is 91.6 Å². The second kappa shape index (κ2) is 17.4. The third-order valence-corrected chi connectivity index (χ3v) is 10.9. The quantitative estimate of drug-likeness (QED) is 0.111. The molecule has 0 radical (unpaired) electrons. The van der Waals surface area contributed by atoms with Gasteiger partial charge in [-0.15, -0.1) is 0 Å². The number of benzene rings is 3. The molecule has 8 rings (SSSR count). The zero-order valence-corrected chi connectivity index (χ0v) is 31.6. The first-order valence-electron chi connectivity index (χ1n) is 18.3. The van der Waals surface area contributed by atoms with E-state index in [1.807, 2.05) is 30.3 Å². The number of carbonyl (C=O) groups excluding carboxylic acids is 2. The number of hydrogen-bond acceptors (Lipinski definition) is 10. The maximum atomic E-state index is 14.1. The molecule has 4 heterocycles. The second-order valence-electron chi connectivity index (χ2n) is 14.1. The number of piperidine rings is 3. The van der Waals surface area contributed by atoms with Crippen molar-refractivity contribution in [3.05, 3.63) is 111 Å². The van der Waals surface area contributed by atoms with Crippen molar-refractivity contribution in [2.45, 2.75) is 57.0 Å². The van der Waals surface area contributed by atoms with E-state index in [1.54, 1.807) is 12.1 Å². The number of rotatable bonds is 16. The molecule has 4 fully saturated rings. The number of halogens is 4. The van der Waals surface area contributed by atoms with Gasteiger partial charge in [0.25, 0.3) is 0 Å². The first kappa shape index (κ1) is 38.6. The van der Waals surface area contributed by atoms with Gasteiger partial charge in [0.15, 0.2) is 17.5 Å². The summed E-state index contributed by atoms with van der Waals surface area (Å²) in [4.78, 5) is 34.3. The predicted molar refractivity (Wildman–Crippen MR) is 202 cm³/mol. The van der Waals surface area contributed by atoms with Crippen molar-refractivity contribution in [3.63, 3.8) is 0 Å². The van der Waals surface area contributed by atoms with Crippen LogP contribution in [0.3, 0.4) is 0 Å². The molecule has 4 aliphatic rings. The average molecular weight is 797 g/mol. The van der Waals surface area contributed by atoms with Gasteiger partial charge in [0, 0.05) is 37.1 Å².